The molecule has 0 radical (unpaired) electrons. The Bertz CT molecular complexity index is 1500. The fourth-order valence-corrected chi connectivity index (χ4v) is 5.47. The van der Waals surface area contributed by atoms with Gasteiger partial charge >= 0.3 is 5.97 Å². The summed E-state index contributed by atoms with van der Waals surface area (Å²) in [6, 6.07) is 18.7. The Morgan fingerprint density at radius 1 is 1.17 bits per heavy atom. The largest absolute Gasteiger partial charge is 0.497 e. The summed E-state index contributed by atoms with van der Waals surface area (Å²) in [6.07, 6.45) is 0.00113. The van der Waals surface area contributed by atoms with Gasteiger partial charge in [0.25, 0.3) is 6.47 Å². The fraction of sp³-hybridized carbons (Fsp3) is 0.355. The van der Waals surface area contributed by atoms with E-state index in [0.29, 0.717) is 13.2 Å². The van der Waals surface area contributed by atoms with Crippen LogP contribution in [0, 0.1) is 13.8 Å². The molecule has 1 fully saturated rings. The van der Waals surface area contributed by atoms with Crippen molar-refractivity contribution in [1.29, 1.82) is 0 Å². The highest BCUT2D eigenvalue weighted by molar-refractivity contribution is 5.80. The van der Waals surface area contributed by atoms with E-state index in [2.05, 4.69) is 52.5 Å². The molecule has 0 bridgehead atoms. The topological polar surface area (TPSA) is 127 Å². The van der Waals surface area contributed by atoms with Gasteiger partial charge in [-0.15, -0.1) is 5.10 Å². The molecule has 1 aliphatic heterocycles. The zero-order chi connectivity index (χ0) is 29.5. The molecule has 1 aliphatic rings. The zero-order valence-corrected chi connectivity index (χ0v) is 23.8. The molecule has 0 saturated carbocycles. The number of morpholine rings is 1. The van der Waals surface area contributed by atoms with E-state index in [0.717, 1.165) is 46.6 Å². The smallest absolute Gasteiger partial charge is 0.304 e. The predicted molar refractivity (Wildman–Crippen MR) is 154 cm³/mol. The first-order valence-electron chi connectivity index (χ1n) is 13.4. The number of methoxy groups -OCH3 is 1. The Morgan fingerprint density at radius 2 is 1.90 bits per heavy atom. The molecule has 216 valence electrons. The Labute approximate surface area is 239 Å². The maximum absolute atomic E-state index is 12.0. The van der Waals surface area contributed by atoms with Gasteiger partial charge in [0.2, 0.25) is 0 Å². The number of benzene rings is 3. The molecule has 0 spiro atoms. The van der Waals surface area contributed by atoms with Crippen molar-refractivity contribution in [3.63, 3.8) is 0 Å². The van der Waals surface area contributed by atoms with E-state index in [-0.39, 0.29) is 24.9 Å². The number of carboxylic acids is 1. The number of carbonyl (C=O) groups is 2. The number of carboxylic acid groups (broad SMARTS) is 2. The van der Waals surface area contributed by atoms with Crippen molar-refractivity contribution < 1.29 is 29.3 Å². The number of fused-ring (bicyclic) bond motifs is 1. The average molecular weight is 561 g/mol. The Kier molecular flexibility index (Phi) is 9.69. The Hall–Kier alpha value is -4.28. The molecule has 4 aromatic rings. The van der Waals surface area contributed by atoms with Gasteiger partial charge in [-0.05, 0) is 65.4 Å². The van der Waals surface area contributed by atoms with Crippen LogP contribution in [0.4, 0.5) is 0 Å². The number of aryl methyl sites for hydroxylation is 3. The number of hydrogen-bond donors (Lipinski definition) is 2. The van der Waals surface area contributed by atoms with Crippen LogP contribution >= 0.6 is 0 Å². The first-order chi connectivity index (χ1) is 19.8. The predicted octanol–water partition coefficient (Wildman–Crippen LogP) is 4.47. The Morgan fingerprint density at radius 3 is 2.59 bits per heavy atom. The van der Waals surface area contributed by atoms with Crippen molar-refractivity contribution in [1.82, 2.24) is 19.9 Å². The van der Waals surface area contributed by atoms with Crippen LogP contribution in [0.25, 0.3) is 11.0 Å². The van der Waals surface area contributed by atoms with E-state index in [1.54, 1.807) is 11.8 Å². The Balaban J connectivity index is 0.00000124. The first kappa shape index (κ1) is 29.7. The molecular weight excluding hydrogens is 524 g/mol. The minimum absolute atomic E-state index is 0.00113. The van der Waals surface area contributed by atoms with Crippen LogP contribution in [0.5, 0.6) is 5.75 Å². The average Bonchev–Trinajstić information content (AvgIpc) is 3.35. The zero-order valence-electron chi connectivity index (χ0n) is 23.8. The van der Waals surface area contributed by atoms with Crippen molar-refractivity contribution in [2.24, 2.45) is 7.05 Å². The number of rotatable bonds is 8. The first-order valence-corrected chi connectivity index (χ1v) is 13.4. The lowest BCUT2D eigenvalue weighted by Crippen LogP contribution is -2.39. The molecule has 10 nitrogen and oxygen atoms in total. The lowest BCUT2D eigenvalue weighted by atomic mass is 9.84. The molecule has 2 N–H and O–H groups in total. The van der Waals surface area contributed by atoms with Crippen molar-refractivity contribution in [2.45, 2.75) is 38.8 Å². The SMILES string of the molecule is COc1ccc(C2COCCN2Cc2cc(C(CC(=O)O)c3ccc4c(nnn4C)c3C)ccc2C)cc1.O=CO. The van der Waals surface area contributed by atoms with E-state index in [4.69, 9.17) is 19.4 Å². The highest BCUT2D eigenvalue weighted by atomic mass is 16.5. The molecule has 10 heteroatoms. The summed E-state index contributed by atoms with van der Waals surface area (Å²) < 4.78 is 12.9. The summed E-state index contributed by atoms with van der Waals surface area (Å²) in [5.41, 5.74) is 8.24. The van der Waals surface area contributed by atoms with Gasteiger partial charge in [0.05, 0.1) is 38.3 Å². The van der Waals surface area contributed by atoms with Gasteiger partial charge in [0.1, 0.15) is 11.3 Å². The lowest BCUT2D eigenvalue weighted by molar-refractivity contribution is -0.137. The highest BCUT2D eigenvalue weighted by Gasteiger charge is 2.27. The summed E-state index contributed by atoms with van der Waals surface area (Å²) >= 11 is 0. The summed E-state index contributed by atoms with van der Waals surface area (Å²) in [5.74, 6) is -0.288. The quantitative estimate of drug-likeness (QED) is 0.300. The number of aliphatic carboxylic acids is 1. The molecule has 2 atom stereocenters. The van der Waals surface area contributed by atoms with E-state index >= 15 is 0 Å². The third-order valence-corrected chi connectivity index (χ3v) is 7.72. The minimum atomic E-state index is -0.830. The molecule has 1 saturated heterocycles. The normalized spacial score (nSPS) is 16.0. The molecule has 41 heavy (non-hydrogen) atoms. The fourth-order valence-electron chi connectivity index (χ4n) is 5.47. The monoisotopic (exact) mass is 560 g/mol. The molecular formula is C31H36N4O6. The van der Waals surface area contributed by atoms with Crippen molar-refractivity contribution in [2.75, 3.05) is 26.9 Å². The van der Waals surface area contributed by atoms with Crippen LogP contribution in [0.3, 0.4) is 0 Å². The summed E-state index contributed by atoms with van der Waals surface area (Å²) in [4.78, 5) is 22.8. The van der Waals surface area contributed by atoms with Crippen LogP contribution in [0.15, 0.2) is 54.6 Å². The maximum atomic E-state index is 12.0. The van der Waals surface area contributed by atoms with Crippen LogP contribution < -0.4 is 4.74 Å². The van der Waals surface area contributed by atoms with Gasteiger partial charge in [-0.25, -0.2) is 4.68 Å². The lowest BCUT2D eigenvalue weighted by Gasteiger charge is -2.36. The molecule has 2 unspecified atom stereocenters. The van der Waals surface area contributed by atoms with Gasteiger partial charge in [0, 0.05) is 26.1 Å². The molecule has 3 aromatic carbocycles. The van der Waals surface area contributed by atoms with Crippen LogP contribution in [0.1, 0.15) is 51.8 Å². The standard InChI is InChI=1S/C30H34N4O4.CH2O2/c1-19-5-6-22(26(16-29(35)36)25-11-12-27-30(20(25)2)31-32-33(27)3)15-23(19)17-34-13-14-38-18-28(34)21-7-9-24(37-4)10-8-21;2-1-3/h5-12,15,26,28H,13-14,16-18H2,1-4H3,(H,35,36);1H,(H,2,3). The molecule has 5 rings (SSSR count). The van der Waals surface area contributed by atoms with Crippen LogP contribution in [0.2, 0.25) is 0 Å². The van der Waals surface area contributed by atoms with Crippen LogP contribution in [-0.2, 0) is 27.9 Å². The van der Waals surface area contributed by atoms with E-state index in [1.807, 2.05) is 38.2 Å². The van der Waals surface area contributed by atoms with Gasteiger partial charge in [-0.3, -0.25) is 14.5 Å². The summed E-state index contributed by atoms with van der Waals surface area (Å²) in [5, 5.41) is 25.2. The van der Waals surface area contributed by atoms with Gasteiger partial charge in [-0.2, -0.15) is 0 Å². The summed E-state index contributed by atoms with van der Waals surface area (Å²) in [7, 11) is 3.53. The second-order valence-electron chi connectivity index (χ2n) is 10.1. The summed E-state index contributed by atoms with van der Waals surface area (Å²) in [6.45, 7) is 6.76. The van der Waals surface area contributed by atoms with E-state index in [1.165, 1.54) is 16.7 Å². The molecule has 0 aliphatic carbocycles. The van der Waals surface area contributed by atoms with Gasteiger partial charge in [-0.1, -0.05) is 41.6 Å². The number of nitrogens with zero attached hydrogens (tertiary/aromatic N) is 4. The third kappa shape index (κ3) is 6.72. The van der Waals surface area contributed by atoms with Gasteiger partial charge in [0.15, 0.2) is 0 Å². The minimum Gasteiger partial charge on any atom is -0.497 e. The molecule has 1 aromatic heterocycles. The molecule has 0 amide bonds. The van der Waals surface area contributed by atoms with Gasteiger partial charge < -0.3 is 19.7 Å². The number of hydrogen-bond acceptors (Lipinski definition) is 7. The third-order valence-electron chi connectivity index (χ3n) is 7.72. The van der Waals surface area contributed by atoms with E-state index < -0.39 is 5.97 Å². The number of ether oxygens (including phenoxy) is 2. The molecule has 2 heterocycles. The maximum Gasteiger partial charge on any atom is 0.304 e. The second kappa shape index (κ2) is 13.4. The second-order valence-corrected chi connectivity index (χ2v) is 10.1. The van der Waals surface area contributed by atoms with Crippen molar-refractivity contribution in [3.05, 3.63) is 88.0 Å². The van der Waals surface area contributed by atoms with E-state index in [9.17, 15) is 9.90 Å². The van der Waals surface area contributed by atoms with Crippen molar-refractivity contribution >= 4 is 23.5 Å². The number of aromatic nitrogens is 3. The highest BCUT2D eigenvalue weighted by Crippen LogP contribution is 2.35. The van der Waals surface area contributed by atoms with Crippen molar-refractivity contribution in [3.8, 4) is 5.75 Å². The van der Waals surface area contributed by atoms with Crippen LogP contribution in [-0.4, -0.2) is 69.4 Å².